The van der Waals surface area contributed by atoms with E-state index in [-0.39, 0.29) is 11.4 Å². The van der Waals surface area contributed by atoms with Crippen LogP contribution in [0.5, 0.6) is 5.75 Å². The van der Waals surface area contributed by atoms with Crippen LogP contribution in [0.1, 0.15) is 16.7 Å². The molecule has 0 radical (unpaired) electrons. The van der Waals surface area contributed by atoms with Crippen LogP contribution in [0.2, 0.25) is 0 Å². The number of nitrogens with zero attached hydrogens (tertiary/aromatic N) is 1. The molecule has 6 nitrogen and oxygen atoms in total. The summed E-state index contributed by atoms with van der Waals surface area (Å²) >= 11 is 0. The summed E-state index contributed by atoms with van der Waals surface area (Å²) in [6.45, 7) is 1.97. The maximum atomic E-state index is 12.1. The van der Waals surface area contributed by atoms with Gasteiger partial charge in [-0.25, -0.2) is 4.79 Å². The van der Waals surface area contributed by atoms with Crippen molar-refractivity contribution in [2.75, 3.05) is 7.11 Å². The van der Waals surface area contributed by atoms with Crippen molar-refractivity contribution in [2.24, 2.45) is 0 Å². The number of aryl methyl sites for hydroxylation is 1. The number of nitro benzene ring substituents is 1. The Balaban J connectivity index is 1.95. The van der Waals surface area contributed by atoms with Crippen LogP contribution in [0.25, 0.3) is 11.8 Å². The van der Waals surface area contributed by atoms with Gasteiger partial charge in [0.05, 0.1) is 17.6 Å². The Morgan fingerprint density at radius 2 is 1.88 bits per heavy atom. The molecule has 0 aliphatic carbocycles. The zero-order chi connectivity index (χ0) is 18.0. The largest absolute Gasteiger partial charge is 0.490 e. The second-order valence-corrected chi connectivity index (χ2v) is 5.55. The SMILES string of the molecule is COc1ccc(C=C2C=C(c3ccc(C)cc3)OC2=O)cc1[N+](=O)[O-]. The lowest BCUT2D eigenvalue weighted by atomic mass is 10.1. The van der Waals surface area contributed by atoms with Gasteiger partial charge in [-0.15, -0.1) is 0 Å². The Kier molecular flexibility index (Phi) is 4.35. The fraction of sp³-hybridized carbons (Fsp3) is 0.105. The second-order valence-electron chi connectivity index (χ2n) is 5.55. The van der Waals surface area contributed by atoms with Crippen LogP contribution >= 0.6 is 0 Å². The third kappa shape index (κ3) is 3.42. The van der Waals surface area contributed by atoms with Crippen LogP contribution in [-0.2, 0) is 9.53 Å². The second kappa shape index (κ2) is 6.60. The van der Waals surface area contributed by atoms with E-state index in [1.165, 1.54) is 19.2 Å². The molecule has 6 heteroatoms. The van der Waals surface area contributed by atoms with Crippen molar-refractivity contribution in [1.29, 1.82) is 0 Å². The lowest BCUT2D eigenvalue weighted by molar-refractivity contribution is -0.385. The van der Waals surface area contributed by atoms with Gasteiger partial charge < -0.3 is 9.47 Å². The predicted molar refractivity (Wildman–Crippen MR) is 92.9 cm³/mol. The summed E-state index contributed by atoms with van der Waals surface area (Å²) in [5.74, 6) is 0.130. The average Bonchev–Trinajstić information content (AvgIpc) is 2.96. The highest BCUT2D eigenvalue weighted by Gasteiger charge is 2.22. The molecule has 126 valence electrons. The van der Waals surface area contributed by atoms with Gasteiger partial charge in [0, 0.05) is 11.6 Å². The third-order valence-electron chi connectivity index (χ3n) is 3.78. The zero-order valence-electron chi connectivity index (χ0n) is 13.7. The molecule has 2 aromatic rings. The number of methoxy groups -OCH3 is 1. The van der Waals surface area contributed by atoms with Gasteiger partial charge in [-0.05, 0) is 30.7 Å². The number of carbonyl (C=O) groups excluding carboxylic acids is 1. The molecule has 25 heavy (non-hydrogen) atoms. The highest BCUT2D eigenvalue weighted by atomic mass is 16.6. The molecule has 2 aromatic carbocycles. The molecule has 0 fully saturated rings. The number of ether oxygens (including phenoxy) is 2. The average molecular weight is 337 g/mol. The Morgan fingerprint density at radius 3 is 2.52 bits per heavy atom. The summed E-state index contributed by atoms with van der Waals surface area (Å²) < 4.78 is 10.3. The van der Waals surface area contributed by atoms with Gasteiger partial charge in [-0.3, -0.25) is 10.1 Å². The van der Waals surface area contributed by atoms with Crippen LogP contribution in [0.3, 0.4) is 0 Å². The topological polar surface area (TPSA) is 78.7 Å². The van der Waals surface area contributed by atoms with Gasteiger partial charge >= 0.3 is 11.7 Å². The van der Waals surface area contributed by atoms with E-state index in [1.54, 1.807) is 18.2 Å². The molecular weight excluding hydrogens is 322 g/mol. The number of hydrogen-bond donors (Lipinski definition) is 0. The maximum Gasteiger partial charge on any atom is 0.343 e. The van der Waals surface area contributed by atoms with Crippen LogP contribution in [-0.4, -0.2) is 18.0 Å². The predicted octanol–water partition coefficient (Wildman–Crippen LogP) is 3.89. The molecule has 0 amide bonds. The molecule has 1 heterocycles. The Morgan fingerprint density at radius 1 is 1.16 bits per heavy atom. The molecule has 0 aromatic heterocycles. The van der Waals surface area contributed by atoms with Crippen molar-refractivity contribution in [3.05, 3.63) is 80.9 Å². The van der Waals surface area contributed by atoms with Gasteiger partial charge in [-0.2, -0.15) is 0 Å². The first-order valence-electron chi connectivity index (χ1n) is 7.53. The smallest absolute Gasteiger partial charge is 0.343 e. The zero-order valence-corrected chi connectivity index (χ0v) is 13.7. The number of benzene rings is 2. The van der Waals surface area contributed by atoms with Gasteiger partial charge in [-0.1, -0.05) is 35.9 Å². The van der Waals surface area contributed by atoms with Crippen LogP contribution < -0.4 is 4.74 Å². The minimum absolute atomic E-state index is 0.161. The van der Waals surface area contributed by atoms with Gasteiger partial charge in [0.2, 0.25) is 0 Å². The van der Waals surface area contributed by atoms with Crippen molar-refractivity contribution in [3.63, 3.8) is 0 Å². The fourth-order valence-corrected chi connectivity index (χ4v) is 2.47. The number of hydrogen-bond acceptors (Lipinski definition) is 5. The first-order chi connectivity index (χ1) is 12.0. The van der Waals surface area contributed by atoms with Crippen molar-refractivity contribution in [2.45, 2.75) is 6.92 Å². The molecular formula is C19H15NO5. The molecule has 0 atom stereocenters. The van der Waals surface area contributed by atoms with E-state index in [0.717, 1.165) is 11.1 Å². The molecule has 1 aliphatic rings. The summed E-state index contributed by atoms with van der Waals surface area (Å²) in [6, 6.07) is 12.1. The van der Waals surface area contributed by atoms with E-state index in [1.807, 2.05) is 31.2 Å². The first kappa shape index (κ1) is 16.4. The highest BCUT2D eigenvalue weighted by Crippen LogP contribution is 2.31. The van der Waals surface area contributed by atoms with Crippen LogP contribution in [0, 0.1) is 17.0 Å². The lowest BCUT2D eigenvalue weighted by Crippen LogP contribution is -1.98. The monoisotopic (exact) mass is 337 g/mol. The first-order valence-corrected chi connectivity index (χ1v) is 7.53. The molecule has 3 rings (SSSR count). The minimum atomic E-state index is -0.526. The van der Waals surface area contributed by atoms with Crippen molar-refractivity contribution >= 4 is 23.5 Å². The van der Waals surface area contributed by atoms with Crippen LogP contribution in [0.15, 0.2) is 54.1 Å². The van der Waals surface area contributed by atoms with E-state index in [2.05, 4.69) is 0 Å². The fourth-order valence-electron chi connectivity index (χ4n) is 2.47. The summed E-state index contributed by atoms with van der Waals surface area (Å²) in [4.78, 5) is 22.6. The Labute approximate surface area is 144 Å². The third-order valence-corrected chi connectivity index (χ3v) is 3.78. The number of esters is 1. The van der Waals surface area contributed by atoms with Crippen molar-refractivity contribution < 1.29 is 19.2 Å². The van der Waals surface area contributed by atoms with Crippen molar-refractivity contribution in [1.82, 2.24) is 0 Å². The number of cyclic esters (lactones) is 1. The number of carbonyl (C=O) groups is 1. The quantitative estimate of drug-likeness (QED) is 0.366. The summed E-state index contributed by atoms with van der Waals surface area (Å²) in [5, 5.41) is 11.1. The molecule has 1 aliphatic heterocycles. The van der Waals surface area contributed by atoms with E-state index in [9.17, 15) is 14.9 Å². The highest BCUT2D eigenvalue weighted by molar-refractivity contribution is 6.05. The lowest BCUT2D eigenvalue weighted by Gasteiger charge is -2.02. The normalized spacial score (nSPS) is 15.0. The molecule has 0 saturated heterocycles. The van der Waals surface area contributed by atoms with E-state index < -0.39 is 10.9 Å². The Bertz CT molecular complexity index is 910. The molecule has 0 unspecified atom stereocenters. The van der Waals surface area contributed by atoms with Crippen LogP contribution in [0.4, 0.5) is 5.69 Å². The van der Waals surface area contributed by atoms with Gasteiger partial charge in [0.15, 0.2) is 5.75 Å². The number of nitro groups is 1. The standard InChI is InChI=1S/C19H15NO5/c1-12-3-6-14(7-4-12)18-11-15(19(21)25-18)9-13-5-8-17(24-2)16(10-13)20(22)23/h3-11H,1-2H3. The van der Waals surface area contributed by atoms with Crippen molar-refractivity contribution in [3.8, 4) is 5.75 Å². The summed E-state index contributed by atoms with van der Waals surface area (Å²) in [5.41, 5.74) is 2.58. The summed E-state index contributed by atoms with van der Waals surface area (Å²) in [6.07, 6.45) is 3.18. The molecule has 0 saturated carbocycles. The number of rotatable bonds is 4. The molecule has 0 bridgehead atoms. The molecule has 0 spiro atoms. The van der Waals surface area contributed by atoms with Gasteiger partial charge in [0.25, 0.3) is 0 Å². The summed E-state index contributed by atoms with van der Waals surface area (Å²) in [7, 11) is 1.37. The molecule has 0 N–H and O–H groups in total. The van der Waals surface area contributed by atoms with E-state index in [0.29, 0.717) is 16.9 Å². The van der Waals surface area contributed by atoms with E-state index >= 15 is 0 Å². The minimum Gasteiger partial charge on any atom is -0.490 e. The Hall–Kier alpha value is -3.41. The maximum absolute atomic E-state index is 12.1. The van der Waals surface area contributed by atoms with Gasteiger partial charge in [0.1, 0.15) is 5.76 Å². The van der Waals surface area contributed by atoms with E-state index in [4.69, 9.17) is 9.47 Å².